The topological polar surface area (TPSA) is 123 Å². The first-order valence-electron chi connectivity index (χ1n) is 12.3. The van der Waals surface area contributed by atoms with Crippen LogP contribution in [0.5, 0.6) is 11.5 Å². The molecule has 9 nitrogen and oxygen atoms in total. The van der Waals surface area contributed by atoms with E-state index >= 15 is 0 Å². The largest absolute Gasteiger partial charge is 0.496 e. The molecule has 2 unspecified atom stereocenters. The fourth-order valence-electron chi connectivity index (χ4n) is 4.40. The Labute approximate surface area is 211 Å². The lowest BCUT2D eigenvalue weighted by Gasteiger charge is -2.34. The van der Waals surface area contributed by atoms with Gasteiger partial charge in [-0.2, -0.15) is 0 Å². The molecule has 2 aliphatic rings. The summed E-state index contributed by atoms with van der Waals surface area (Å²) >= 11 is 0. The molecule has 3 N–H and O–H groups in total. The van der Waals surface area contributed by atoms with Gasteiger partial charge in [0.2, 0.25) is 5.91 Å². The summed E-state index contributed by atoms with van der Waals surface area (Å²) in [4.78, 5) is 37.3. The molecule has 1 aliphatic carbocycles. The van der Waals surface area contributed by atoms with Crippen LogP contribution >= 0.6 is 0 Å². The first-order valence-corrected chi connectivity index (χ1v) is 12.3. The van der Waals surface area contributed by atoms with Gasteiger partial charge in [0.15, 0.2) is 11.6 Å². The number of hydrogen-bond acceptors (Lipinski definition) is 6. The van der Waals surface area contributed by atoms with Crippen molar-refractivity contribution in [1.29, 1.82) is 0 Å². The van der Waals surface area contributed by atoms with Crippen LogP contribution in [-0.2, 0) is 14.3 Å². The lowest BCUT2D eigenvalue weighted by atomic mass is 9.75. The van der Waals surface area contributed by atoms with Gasteiger partial charge in [-0.1, -0.05) is 20.8 Å². The van der Waals surface area contributed by atoms with Crippen molar-refractivity contribution in [3.05, 3.63) is 23.5 Å². The zero-order chi connectivity index (χ0) is 26.7. The Hall–Kier alpha value is -2.88. The highest BCUT2D eigenvalue weighted by Gasteiger charge is 2.39. The van der Waals surface area contributed by atoms with Crippen molar-refractivity contribution in [2.45, 2.75) is 65.5 Å². The van der Waals surface area contributed by atoms with Gasteiger partial charge in [-0.25, -0.2) is 4.39 Å². The molecule has 36 heavy (non-hydrogen) atoms. The number of ether oxygens (including phenoxy) is 3. The van der Waals surface area contributed by atoms with Gasteiger partial charge < -0.3 is 30.0 Å². The van der Waals surface area contributed by atoms with Crippen molar-refractivity contribution in [2.75, 3.05) is 26.9 Å². The highest BCUT2D eigenvalue weighted by molar-refractivity contribution is 5.98. The van der Waals surface area contributed by atoms with E-state index in [2.05, 4.69) is 10.6 Å². The third kappa shape index (κ3) is 6.66. The predicted molar refractivity (Wildman–Crippen MR) is 130 cm³/mol. The number of hydrogen-bond donors (Lipinski definition) is 3. The monoisotopic (exact) mass is 508 g/mol. The number of rotatable bonds is 8. The molecular weight excluding hydrogens is 471 g/mol. The van der Waals surface area contributed by atoms with E-state index < -0.39 is 35.1 Å². The Morgan fingerprint density at radius 1 is 1.17 bits per heavy atom. The number of amides is 2. The predicted octanol–water partition coefficient (Wildman–Crippen LogP) is 3.15. The van der Waals surface area contributed by atoms with Crippen LogP contribution in [0.25, 0.3) is 0 Å². The van der Waals surface area contributed by atoms with E-state index in [4.69, 9.17) is 14.2 Å². The molecular formula is C26H37FN2O7. The van der Waals surface area contributed by atoms with Crippen molar-refractivity contribution in [2.24, 2.45) is 16.7 Å². The lowest BCUT2D eigenvalue weighted by Crippen LogP contribution is -2.47. The molecule has 0 aromatic heterocycles. The Kier molecular flexibility index (Phi) is 8.48. The van der Waals surface area contributed by atoms with Crippen LogP contribution in [0.15, 0.2) is 12.1 Å². The van der Waals surface area contributed by atoms with Gasteiger partial charge in [0.1, 0.15) is 5.75 Å². The number of methoxy groups -OCH3 is 1. The second kappa shape index (κ2) is 11.0. The second-order valence-corrected chi connectivity index (χ2v) is 11.2. The zero-order valence-corrected chi connectivity index (χ0v) is 21.6. The molecule has 1 saturated heterocycles. The Balaban J connectivity index is 1.70. The fraction of sp³-hybridized carbons (Fsp3) is 0.654. The zero-order valence-electron chi connectivity index (χ0n) is 21.6. The molecule has 200 valence electrons. The molecule has 0 spiro atoms. The molecule has 1 heterocycles. The summed E-state index contributed by atoms with van der Waals surface area (Å²) in [6.07, 6.45) is 1.38. The smallest absolute Gasteiger partial charge is 0.309 e. The maximum absolute atomic E-state index is 14.8. The van der Waals surface area contributed by atoms with E-state index in [0.29, 0.717) is 32.2 Å². The first-order chi connectivity index (χ1) is 16.8. The Morgan fingerprint density at radius 2 is 1.83 bits per heavy atom. The molecule has 1 saturated carbocycles. The van der Waals surface area contributed by atoms with Gasteiger partial charge in [0, 0.05) is 12.6 Å². The standard InChI is InChI=1S/C26H37FN2O7/c1-25(2,3)14-28-22(30)17-12-35-13-19(17)29-23(31)16-10-21(18(27)11-20(16)34-5)36-15-6-8-26(4,9-7-15)24(32)33/h10-11,15,17,19H,6-9,12-14H2,1-5H3,(H,28,30)(H,29,31)(H,32,33). The van der Waals surface area contributed by atoms with Crippen molar-refractivity contribution in [3.8, 4) is 11.5 Å². The molecule has 1 aromatic carbocycles. The quantitative estimate of drug-likeness (QED) is 0.493. The summed E-state index contributed by atoms with van der Waals surface area (Å²) in [6.45, 7) is 8.58. The van der Waals surface area contributed by atoms with Crippen molar-refractivity contribution in [1.82, 2.24) is 10.6 Å². The minimum atomic E-state index is -0.850. The highest BCUT2D eigenvalue weighted by atomic mass is 19.1. The molecule has 3 rings (SSSR count). The van der Waals surface area contributed by atoms with Gasteiger partial charge in [-0.15, -0.1) is 0 Å². The van der Waals surface area contributed by atoms with Crippen LogP contribution in [0, 0.1) is 22.6 Å². The number of nitrogens with one attached hydrogen (secondary N) is 2. The van der Waals surface area contributed by atoms with Gasteiger partial charge in [-0.3, -0.25) is 14.4 Å². The van der Waals surface area contributed by atoms with E-state index in [0.717, 1.165) is 6.07 Å². The van der Waals surface area contributed by atoms with Crippen LogP contribution in [-0.4, -0.2) is 61.9 Å². The van der Waals surface area contributed by atoms with Gasteiger partial charge in [-0.05, 0) is 44.1 Å². The number of carbonyl (C=O) groups excluding carboxylic acids is 2. The molecule has 1 aliphatic heterocycles. The number of carbonyl (C=O) groups is 3. The number of carboxylic acids is 1. The number of halogens is 1. The summed E-state index contributed by atoms with van der Waals surface area (Å²) in [5.74, 6) is -2.89. The molecule has 2 fully saturated rings. The number of carboxylic acid groups (broad SMARTS) is 1. The minimum absolute atomic E-state index is 0.0343. The maximum Gasteiger partial charge on any atom is 0.309 e. The summed E-state index contributed by atoms with van der Waals surface area (Å²) in [6, 6.07) is 1.83. The van der Waals surface area contributed by atoms with E-state index in [9.17, 15) is 23.9 Å². The van der Waals surface area contributed by atoms with Crippen molar-refractivity contribution in [3.63, 3.8) is 0 Å². The van der Waals surface area contributed by atoms with E-state index in [1.807, 2.05) is 20.8 Å². The Bertz CT molecular complexity index is 983. The second-order valence-electron chi connectivity index (χ2n) is 11.2. The normalized spacial score (nSPS) is 26.2. The average Bonchev–Trinajstić information content (AvgIpc) is 3.27. The maximum atomic E-state index is 14.8. The van der Waals surface area contributed by atoms with Gasteiger partial charge in [0.05, 0.1) is 49.4 Å². The van der Waals surface area contributed by atoms with Gasteiger partial charge >= 0.3 is 5.97 Å². The first kappa shape index (κ1) is 27.7. The van der Waals surface area contributed by atoms with E-state index in [1.165, 1.54) is 13.2 Å². The molecule has 0 radical (unpaired) electrons. The van der Waals surface area contributed by atoms with Crippen LogP contribution in [0.2, 0.25) is 0 Å². The molecule has 10 heteroatoms. The van der Waals surface area contributed by atoms with Crippen LogP contribution in [0.3, 0.4) is 0 Å². The number of benzene rings is 1. The summed E-state index contributed by atoms with van der Waals surface area (Å²) in [5, 5.41) is 15.1. The summed E-state index contributed by atoms with van der Waals surface area (Å²) in [7, 11) is 1.33. The van der Waals surface area contributed by atoms with Crippen molar-refractivity contribution < 1.29 is 38.1 Å². The minimum Gasteiger partial charge on any atom is -0.496 e. The third-order valence-electron chi connectivity index (χ3n) is 6.87. The van der Waals surface area contributed by atoms with Crippen LogP contribution in [0.1, 0.15) is 63.7 Å². The van der Waals surface area contributed by atoms with E-state index in [1.54, 1.807) is 6.92 Å². The lowest BCUT2D eigenvalue weighted by molar-refractivity contribution is -0.150. The summed E-state index contributed by atoms with van der Waals surface area (Å²) < 4.78 is 31.3. The number of aliphatic carboxylic acids is 1. The highest BCUT2D eigenvalue weighted by Crippen LogP contribution is 2.38. The van der Waals surface area contributed by atoms with E-state index in [-0.39, 0.29) is 47.7 Å². The SMILES string of the molecule is COc1cc(F)c(OC2CCC(C)(C(=O)O)CC2)cc1C(=O)NC1COCC1C(=O)NCC(C)(C)C. The average molecular weight is 509 g/mol. The summed E-state index contributed by atoms with van der Waals surface area (Å²) in [5.41, 5.74) is -0.834. The third-order valence-corrected chi connectivity index (χ3v) is 6.87. The Morgan fingerprint density at radius 3 is 2.42 bits per heavy atom. The fourth-order valence-corrected chi connectivity index (χ4v) is 4.40. The molecule has 2 atom stereocenters. The van der Waals surface area contributed by atoms with Crippen molar-refractivity contribution >= 4 is 17.8 Å². The van der Waals surface area contributed by atoms with Gasteiger partial charge in [0.25, 0.3) is 5.91 Å². The van der Waals surface area contributed by atoms with Crippen LogP contribution in [0.4, 0.5) is 4.39 Å². The molecule has 1 aromatic rings. The molecule has 0 bridgehead atoms. The van der Waals surface area contributed by atoms with Crippen LogP contribution < -0.4 is 20.1 Å². The molecule has 2 amide bonds.